The minimum absolute atomic E-state index is 1.51. The molecule has 0 N–H and O–H groups in total. The Kier molecular flexibility index (Phi) is 3.62. The Hall–Kier alpha value is 1.05. The zero-order valence-corrected chi connectivity index (χ0v) is 7.71. The molecule has 0 amide bonds. The second-order valence-corrected chi connectivity index (χ2v) is 11.0. The van der Waals surface area contributed by atoms with Gasteiger partial charge in [0, 0.05) is 0 Å². The summed E-state index contributed by atoms with van der Waals surface area (Å²) >= 11 is -2.67. The van der Waals surface area contributed by atoms with Gasteiger partial charge in [0.2, 0.25) is 0 Å². The summed E-state index contributed by atoms with van der Waals surface area (Å²) < 4.78 is 9.43. The Morgan fingerprint density at radius 3 is 1.71 bits per heavy atom. The Bertz CT molecular complexity index is 85.7. The Morgan fingerprint density at radius 1 is 1.43 bits per heavy atom. The predicted molar refractivity (Wildman–Crippen MR) is 36.3 cm³/mol. The van der Waals surface area contributed by atoms with E-state index in [1.54, 1.807) is 0 Å². The molecule has 0 aliphatic carbocycles. The van der Waals surface area contributed by atoms with Crippen LogP contribution in [0.25, 0.3) is 0 Å². The Labute approximate surface area is 54.5 Å². The molecule has 0 spiro atoms. The molecule has 0 aromatic carbocycles. The third-order valence-corrected chi connectivity index (χ3v) is 5.64. The molecule has 0 rings (SSSR count). The maximum atomic E-state index is 4.74. The summed E-state index contributed by atoms with van der Waals surface area (Å²) in [4.78, 5) is 0. The standard InChI is InChI=1S/C2H7AsO2S2/c1-4-3(6,7)5-2/h1-2H3,(H,6,7). The quantitative estimate of drug-likeness (QED) is 0.528. The van der Waals surface area contributed by atoms with Crippen molar-refractivity contribution in [2.24, 2.45) is 0 Å². The molecule has 0 aromatic heterocycles. The second kappa shape index (κ2) is 3.15. The predicted octanol–water partition coefficient (Wildman–Crippen LogP) is 0.842. The Morgan fingerprint density at radius 2 is 1.71 bits per heavy atom. The monoisotopic (exact) mass is 202 g/mol. The van der Waals surface area contributed by atoms with Crippen molar-refractivity contribution in [1.82, 2.24) is 0 Å². The molecule has 0 unspecified atom stereocenters. The molecule has 0 aliphatic heterocycles. The summed E-state index contributed by atoms with van der Waals surface area (Å²) in [5.74, 6) is 0. The molecule has 2 nitrogen and oxygen atoms in total. The van der Waals surface area contributed by atoms with E-state index in [1.807, 2.05) is 0 Å². The first-order valence-corrected chi connectivity index (χ1v) is 8.68. The van der Waals surface area contributed by atoms with Crippen LogP contribution in [0.2, 0.25) is 0 Å². The molecular weight excluding hydrogens is 195 g/mol. The second-order valence-electron chi connectivity index (χ2n) is 0.834. The fourth-order valence-electron chi connectivity index (χ4n) is 0.0745. The van der Waals surface area contributed by atoms with Gasteiger partial charge in [-0.2, -0.15) is 0 Å². The summed E-state index contributed by atoms with van der Waals surface area (Å²) in [5, 5.41) is 0. The van der Waals surface area contributed by atoms with Crippen molar-refractivity contribution in [3.8, 4) is 0 Å². The van der Waals surface area contributed by atoms with Crippen LogP contribution in [0.3, 0.4) is 0 Å². The molecule has 0 fully saturated rings. The van der Waals surface area contributed by atoms with Gasteiger partial charge in [0.25, 0.3) is 0 Å². The molecule has 0 bridgehead atoms. The first kappa shape index (κ1) is 8.05. The van der Waals surface area contributed by atoms with Crippen LogP contribution in [0.4, 0.5) is 0 Å². The fourth-order valence-corrected chi connectivity index (χ4v) is 0.387. The molecule has 5 heteroatoms. The number of thiol groups is 1. The van der Waals surface area contributed by atoms with Crippen molar-refractivity contribution in [2.75, 3.05) is 14.2 Å². The van der Waals surface area contributed by atoms with E-state index in [0.29, 0.717) is 0 Å². The van der Waals surface area contributed by atoms with Crippen molar-refractivity contribution < 1.29 is 7.45 Å². The van der Waals surface area contributed by atoms with Crippen LogP contribution in [-0.4, -0.2) is 25.6 Å². The van der Waals surface area contributed by atoms with Gasteiger partial charge in [-0.3, -0.25) is 0 Å². The molecule has 44 valence electrons. The van der Waals surface area contributed by atoms with Gasteiger partial charge in [0.15, 0.2) is 0 Å². The van der Waals surface area contributed by atoms with Crippen LogP contribution >= 0.6 is 21.3 Å². The molecule has 7 heavy (non-hydrogen) atoms. The Balaban J connectivity index is 3.61. The van der Waals surface area contributed by atoms with Crippen LogP contribution < -0.4 is 0 Å². The molecule has 0 aliphatic rings. The van der Waals surface area contributed by atoms with Gasteiger partial charge in [-0.1, -0.05) is 0 Å². The van der Waals surface area contributed by atoms with Crippen LogP contribution in [0.15, 0.2) is 0 Å². The zero-order chi connectivity index (χ0) is 5.91. The van der Waals surface area contributed by atoms with Crippen molar-refractivity contribution in [3.63, 3.8) is 0 Å². The molecule has 0 radical (unpaired) electrons. The van der Waals surface area contributed by atoms with Crippen molar-refractivity contribution in [3.05, 3.63) is 0 Å². The van der Waals surface area contributed by atoms with Gasteiger partial charge in [-0.15, -0.1) is 0 Å². The van der Waals surface area contributed by atoms with Gasteiger partial charge < -0.3 is 0 Å². The van der Waals surface area contributed by atoms with Gasteiger partial charge >= 0.3 is 54.4 Å². The zero-order valence-electron chi connectivity index (χ0n) is 4.12. The molecule has 0 saturated carbocycles. The van der Waals surface area contributed by atoms with Crippen LogP contribution in [0.1, 0.15) is 0 Å². The van der Waals surface area contributed by atoms with Crippen LogP contribution in [0.5, 0.6) is 0 Å². The van der Waals surface area contributed by atoms with Gasteiger partial charge in [0.05, 0.1) is 0 Å². The summed E-state index contributed by atoms with van der Waals surface area (Å²) in [6.07, 6.45) is 0. The summed E-state index contributed by atoms with van der Waals surface area (Å²) in [7, 11) is 11.7. The van der Waals surface area contributed by atoms with Crippen molar-refractivity contribution in [2.45, 2.75) is 0 Å². The van der Waals surface area contributed by atoms with E-state index in [2.05, 4.69) is 10.9 Å². The van der Waals surface area contributed by atoms with E-state index in [4.69, 9.17) is 17.8 Å². The average Bonchev–Trinajstić information content (AvgIpc) is 1.68. The summed E-state index contributed by atoms with van der Waals surface area (Å²) in [6.45, 7) is 0. The number of hydrogen-bond acceptors (Lipinski definition) is 3. The van der Waals surface area contributed by atoms with Gasteiger partial charge in [-0.25, -0.2) is 0 Å². The summed E-state index contributed by atoms with van der Waals surface area (Å²) in [5.41, 5.74) is 0. The van der Waals surface area contributed by atoms with Gasteiger partial charge in [0.1, 0.15) is 0 Å². The first-order valence-electron chi connectivity index (χ1n) is 1.56. The molecule has 0 atom stereocenters. The fraction of sp³-hybridized carbons (Fsp3) is 1.00. The van der Waals surface area contributed by atoms with E-state index in [-0.39, 0.29) is 0 Å². The van der Waals surface area contributed by atoms with E-state index < -0.39 is 11.4 Å². The van der Waals surface area contributed by atoms with E-state index in [0.717, 1.165) is 0 Å². The summed E-state index contributed by atoms with van der Waals surface area (Å²) in [6, 6.07) is 0. The third kappa shape index (κ3) is 3.62. The van der Waals surface area contributed by atoms with Crippen molar-refractivity contribution >= 4 is 32.7 Å². The third-order valence-electron chi connectivity index (χ3n) is 0.461. The maximum absolute atomic E-state index is 4.74. The molecule has 0 heterocycles. The normalized spacial score (nSPS) is 11.9. The molecular formula is C2H7AsO2S2. The number of rotatable bonds is 2. The molecule has 0 saturated heterocycles. The van der Waals surface area contributed by atoms with E-state index in [9.17, 15) is 0 Å². The van der Waals surface area contributed by atoms with Gasteiger partial charge in [-0.05, 0) is 0 Å². The van der Waals surface area contributed by atoms with E-state index in [1.165, 1.54) is 14.2 Å². The van der Waals surface area contributed by atoms with Crippen molar-refractivity contribution in [1.29, 1.82) is 0 Å². The molecule has 0 aromatic rings. The first-order chi connectivity index (χ1) is 3.12. The minimum atomic E-state index is -2.67. The van der Waals surface area contributed by atoms with Crippen LogP contribution in [0, 0.1) is 0 Å². The van der Waals surface area contributed by atoms with E-state index >= 15 is 0 Å². The average molecular weight is 202 g/mol. The topological polar surface area (TPSA) is 18.5 Å². The SMILES string of the molecule is CO[As](=S)(S)OC. The number of hydrogen-bond donors (Lipinski definition) is 1. The van der Waals surface area contributed by atoms with Crippen LogP contribution in [-0.2, 0) is 7.45 Å².